The van der Waals surface area contributed by atoms with E-state index in [4.69, 9.17) is 5.11 Å². The zero-order chi connectivity index (χ0) is 10.0. The molecule has 0 spiro atoms. The summed E-state index contributed by atoms with van der Waals surface area (Å²) < 4.78 is 0. The minimum Gasteiger partial charge on any atom is -0.480 e. The van der Waals surface area contributed by atoms with E-state index in [0.717, 1.165) is 6.42 Å². The Labute approximate surface area is 76.7 Å². The van der Waals surface area contributed by atoms with Crippen molar-refractivity contribution in [2.45, 2.75) is 19.4 Å². The van der Waals surface area contributed by atoms with Crippen LogP contribution in [-0.4, -0.2) is 41.6 Å². The van der Waals surface area contributed by atoms with Crippen LogP contribution in [0.15, 0.2) is 0 Å². The molecule has 2 unspecified atom stereocenters. The summed E-state index contributed by atoms with van der Waals surface area (Å²) in [6, 6.07) is -0.975. The van der Waals surface area contributed by atoms with Gasteiger partial charge in [0.1, 0.15) is 6.04 Å². The molecule has 2 amide bonds. The Morgan fingerprint density at radius 2 is 2.15 bits per heavy atom. The third kappa shape index (κ3) is 1.74. The van der Waals surface area contributed by atoms with Crippen LogP contribution in [0.1, 0.15) is 13.3 Å². The normalized spacial score (nSPS) is 27.4. The largest absolute Gasteiger partial charge is 0.480 e. The average molecular weight is 186 g/mol. The molecule has 74 valence electrons. The second-order valence-corrected chi connectivity index (χ2v) is 3.30. The molecule has 0 bridgehead atoms. The van der Waals surface area contributed by atoms with Crippen LogP contribution in [0.25, 0.3) is 0 Å². The number of carboxylic acid groups (broad SMARTS) is 1. The summed E-state index contributed by atoms with van der Waals surface area (Å²) in [6.07, 6.45) is 0.754. The number of aliphatic carboxylic acids is 1. The van der Waals surface area contributed by atoms with Crippen LogP contribution >= 0.6 is 0 Å². The number of hydrogen-bond donors (Lipinski definition) is 2. The number of carbonyl (C=O) groups excluding carboxylic acids is 1. The second-order valence-electron chi connectivity index (χ2n) is 3.30. The number of likely N-dealkylation sites (tertiary alicyclic amines) is 1. The summed E-state index contributed by atoms with van der Waals surface area (Å²) >= 11 is 0. The lowest BCUT2D eigenvalue weighted by Gasteiger charge is -2.22. The maximum absolute atomic E-state index is 11.2. The Morgan fingerprint density at radius 1 is 1.54 bits per heavy atom. The predicted octanol–water partition coefficient (Wildman–Crippen LogP) is 0.121. The lowest BCUT2D eigenvalue weighted by atomic mass is 10.0. The number of urea groups is 1. The summed E-state index contributed by atoms with van der Waals surface area (Å²) in [6.45, 7) is 2.37. The molecule has 5 heteroatoms. The molecule has 2 N–H and O–H groups in total. The lowest BCUT2D eigenvalue weighted by Crippen LogP contribution is -2.46. The van der Waals surface area contributed by atoms with Crippen molar-refractivity contribution in [2.24, 2.45) is 5.92 Å². The summed E-state index contributed by atoms with van der Waals surface area (Å²) in [5.41, 5.74) is 0. The second kappa shape index (κ2) is 3.64. The van der Waals surface area contributed by atoms with Crippen LogP contribution in [0.2, 0.25) is 0 Å². The van der Waals surface area contributed by atoms with E-state index in [9.17, 15) is 9.59 Å². The molecular formula is C8H14N2O3. The summed E-state index contributed by atoms with van der Waals surface area (Å²) in [4.78, 5) is 23.4. The van der Waals surface area contributed by atoms with E-state index in [1.807, 2.05) is 6.92 Å². The van der Waals surface area contributed by atoms with Gasteiger partial charge in [0, 0.05) is 13.6 Å². The highest BCUT2D eigenvalue weighted by molar-refractivity contribution is 5.83. The van der Waals surface area contributed by atoms with E-state index in [1.165, 1.54) is 11.9 Å². The fourth-order valence-electron chi connectivity index (χ4n) is 1.70. The Morgan fingerprint density at radius 3 is 2.62 bits per heavy atom. The van der Waals surface area contributed by atoms with Gasteiger partial charge in [-0.05, 0) is 12.3 Å². The molecule has 1 fully saturated rings. The Bertz CT molecular complexity index is 229. The highest BCUT2D eigenvalue weighted by Gasteiger charge is 2.38. The first kappa shape index (κ1) is 9.83. The Balaban J connectivity index is 2.75. The van der Waals surface area contributed by atoms with Gasteiger partial charge in [0.15, 0.2) is 0 Å². The fourth-order valence-corrected chi connectivity index (χ4v) is 1.70. The summed E-state index contributed by atoms with van der Waals surface area (Å²) in [5, 5.41) is 11.3. The third-order valence-electron chi connectivity index (χ3n) is 2.43. The quantitative estimate of drug-likeness (QED) is 0.611. The van der Waals surface area contributed by atoms with Crippen LogP contribution in [-0.2, 0) is 4.79 Å². The number of carboxylic acids is 1. The summed E-state index contributed by atoms with van der Waals surface area (Å²) in [5.74, 6) is -0.886. The molecule has 0 saturated carbocycles. The van der Waals surface area contributed by atoms with Crippen LogP contribution in [0.3, 0.4) is 0 Å². The van der Waals surface area contributed by atoms with Gasteiger partial charge in [-0.1, -0.05) is 6.92 Å². The molecule has 1 saturated heterocycles. The SMILES string of the molecule is CNC(=O)N1CCC(C)C1C(=O)O. The van der Waals surface area contributed by atoms with Gasteiger partial charge in [0.05, 0.1) is 0 Å². The van der Waals surface area contributed by atoms with E-state index in [-0.39, 0.29) is 11.9 Å². The molecule has 1 aliphatic heterocycles. The van der Waals surface area contributed by atoms with E-state index >= 15 is 0 Å². The van der Waals surface area contributed by atoms with Crippen LogP contribution in [0, 0.1) is 5.92 Å². The number of carbonyl (C=O) groups is 2. The molecule has 1 aliphatic rings. The first-order chi connectivity index (χ1) is 6.07. The maximum Gasteiger partial charge on any atom is 0.326 e. The molecule has 1 heterocycles. The molecule has 2 atom stereocenters. The van der Waals surface area contributed by atoms with E-state index < -0.39 is 12.0 Å². The fraction of sp³-hybridized carbons (Fsp3) is 0.750. The van der Waals surface area contributed by atoms with Gasteiger partial charge in [0.25, 0.3) is 0 Å². The number of rotatable bonds is 1. The number of nitrogens with zero attached hydrogens (tertiary/aromatic N) is 1. The monoisotopic (exact) mass is 186 g/mol. The molecular weight excluding hydrogens is 172 g/mol. The molecule has 13 heavy (non-hydrogen) atoms. The molecule has 0 aromatic carbocycles. The Hall–Kier alpha value is -1.26. The molecule has 0 radical (unpaired) electrons. The van der Waals surface area contributed by atoms with E-state index in [2.05, 4.69) is 5.32 Å². The van der Waals surface area contributed by atoms with Gasteiger partial charge in [-0.3, -0.25) is 0 Å². The van der Waals surface area contributed by atoms with Gasteiger partial charge >= 0.3 is 12.0 Å². The van der Waals surface area contributed by atoms with Crippen molar-refractivity contribution in [1.29, 1.82) is 0 Å². The molecule has 1 rings (SSSR count). The molecule has 5 nitrogen and oxygen atoms in total. The van der Waals surface area contributed by atoms with Crippen molar-refractivity contribution in [3.63, 3.8) is 0 Å². The van der Waals surface area contributed by atoms with Crippen molar-refractivity contribution < 1.29 is 14.7 Å². The zero-order valence-corrected chi connectivity index (χ0v) is 7.78. The highest BCUT2D eigenvalue weighted by Crippen LogP contribution is 2.23. The van der Waals surface area contributed by atoms with Gasteiger partial charge in [-0.2, -0.15) is 0 Å². The first-order valence-corrected chi connectivity index (χ1v) is 4.29. The van der Waals surface area contributed by atoms with Crippen LogP contribution < -0.4 is 5.32 Å². The highest BCUT2D eigenvalue weighted by atomic mass is 16.4. The standard InChI is InChI=1S/C8H14N2O3/c1-5-3-4-10(8(13)9-2)6(5)7(11)12/h5-6H,3-4H2,1-2H3,(H,9,13)(H,11,12). The molecule has 0 aromatic rings. The van der Waals surface area contributed by atoms with Gasteiger partial charge in [0.2, 0.25) is 0 Å². The molecule has 0 aliphatic carbocycles. The maximum atomic E-state index is 11.2. The van der Waals surface area contributed by atoms with Crippen LogP contribution in [0.5, 0.6) is 0 Å². The number of amides is 2. The average Bonchev–Trinajstić information content (AvgIpc) is 2.45. The predicted molar refractivity (Wildman–Crippen MR) is 46.4 cm³/mol. The van der Waals surface area contributed by atoms with E-state index in [0.29, 0.717) is 6.54 Å². The number of hydrogen-bond acceptors (Lipinski definition) is 2. The molecule has 0 aromatic heterocycles. The van der Waals surface area contributed by atoms with Crippen molar-refractivity contribution in [3.05, 3.63) is 0 Å². The van der Waals surface area contributed by atoms with Crippen molar-refractivity contribution in [3.8, 4) is 0 Å². The van der Waals surface area contributed by atoms with Gasteiger partial charge in [-0.15, -0.1) is 0 Å². The number of nitrogens with one attached hydrogen (secondary N) is 1. The topological polar surface area (TPSA) is 69.6 Å². The first-order valence-electron chi connectivity index (χ1n) is 4.29. The smallest absolute Gasteiger partial charge is 0.326 e. The van der Waals surface area contributed by atoms with Crippen molar-refractivity contribution in [2.75, 3.05) is 13.6 Å². The van der Waals surface area contributed by atoms with Crippen molar-refractivity contribution in [1.82, 2.24) is 10.2 Å². The summed E-state index contributed by atoms with van der Waals surface area (Å²) in [7, 11) is 1.50. The minimum atomic E-state index is -0.923. The van der Waals surface area contributed by atoms with Gasteiger partial charge < -0.3 is 15.3 Å². The van der Waals surface area contributed by atoms with E-state index in [1.54, 1.807) is 0 Å². The third-order valence-corrected chi connectivity index (χ3v) is 2.43. The van der Waals surface area contributed by atoms with Crippen LogP contribution in [0.4, 0.5) is 4.79 Å². The Kier molecular flexibility index (Phi) is 2.75. The lowest BCUT2D eigenvalue weighted by molar-refractivity contribution is -0.142. The van der Waals surface area contributed by atoms with Gasteiger partial charge in [-0.25, -0.2) is 9.59 Å². The van der Waals surface area contributed by atoms with Crippen molar-refractivity contribution >= 4 is 12.0 Å². The zero-order valence-electron chi connectivity index (χ0n) is 7.78. The minimum absolute atomic E-state index is 0.0369.